The first kappa shape index (κ1) is 23.8. The Hall–Kier alpha value is -2.47. The summed E-state index contributed by atoms with van der Waals surface area (Å²) in [5.74, 6) is 0.242. The second-order valence-corrected chi connectivity index (χ2v) is 9.12. The molecule has 1 fully saturated rings. The molecule has 30 heavy (non-hydrogen) atoms. The number of aliphatic imine (C=N–C) groups is 1. The maximum absolute atomic E-state index is 13.9. The molecule has 0 bridgehead atoms. The topological polar surface area (TPSA) is 67.9 Å². The van der Waals surface area contributed by atoms with Crippen molar-refractivity contribution in [2.24, 2.45) is 16.1 Å². The zero-order valence-corrected chi connectivity index (χ0v) is 18.6. The van der Waals surface area contributed by atoms with Gasteiger partial charge in [0.25, 0.3) is 0 Å². The van der Waals surface area contributed by atoms with Gasteiger partial charge in [-0.1, -0.05) is 31.7 Å². The van der Waals surface area contributed by atoms with E-state index in [9.17, 15) is 9.18 Å². The number of nitrogens with zero attached hydrogens (tertiary/aromatic N) is 2. The van der Waals surface area contributed by atoms with Gasteiger partial charge in [0.1, 0.15) is 17.2 Å². The molecule has 0 saturated carbocycles. The van der Waals surface area contributed by atoms with Crippen molar-refractivity contribution in [3.8, 4) is 0 Å². The van der Waals surface area contributed by atoms with Gasteiger partial charge in [-0.25, -0.2) is 9.38 Å². The minimum absolute atomic E-state index is 0.0949. The van der Waals surface area contributed by atoms with Gasteiger partial charge < -0.3 is 10.5 Å². The Bertz CT molecular complexity index is 816. The number of halogens is 1. The minimum Gasteiger partial charge on any atom is -0.472 e. The van der Waals surface area contributed by atoms with E-state index in [2.05, 4.69) is 16.5 Å². The van der Waals surface area contributed by atoms with Crippen molar-refractivity contribution in [2.75, 3.05) is 19.6 Å². The first-order chi connectivity index (χ1) is 14.0. The van der Waals surface area contributed by atoms with Crippen LogP contribution >= 0.6 is 0 Å². The third kappa shape index (κ3) is 6.80. The largest absolute Gasteiger partial charge is 0.472 e. The summed E-state index contributed by atoms with van der Waals surface area (Å²) < 4.78 is 19.9. The van der Waals surface area contributed by atoms with Gasteiger partial charge in [-0.05, 0) is 58.3 Å². The molecular formula is C24H34FN3O2. The number of hydrogen-bond acceptors (Lipinski definition) is 5. The molecule has 0 atom stereocenters. The van der Waals surface area contributed by atoms with Gasteiger partial charge in [-0.15, -0.1) is 0 Å². The fourth-order valence-electron chi connectivity index (χ4n) is 3.44. The van der Waals surface area contributed by atoms with Crippen LogP contribution in [-0.2, 0) is 16.0 Å². The van der Waals surface area contributed by atoms with Gasteiger partial charge >= 0.3 is 0 Å². The van der Waals surface area contributed by atoms with E-state index in [1.165, 1.54) is 18.5 Å². The molecule has 1 aromatic rings. The van der Waals surface area contributed by atoms with E-state index >= 15 is 0 Å². The zero-order chi connectivity index (χ0) is 22.4. The molecule has 0 radical (unpaired) electrons. The summed E-state index contributed by atoms with van der Waals surface area (Å²) in [6, 6.07) is 6.49. The summed E-state index contributed by atoms with van der Waals surface area (Å²) in [7, 11) is 0. The summed E-state index contributed by atoms with van der Waals surface area (Å²) >= 11 is 0. The van der Waals surface area contributed by atoms with Crippen LogP contribution in [0.25, 0.3) is 0 Å². The van der Waals surface area contributed by atoms with Crippen LogP contribution in [0, 0.1) is 11.2 Å². The molecule has 2 rings (SSSR count). The molecule has 1 aliphatic rings. The molecule has 0 unspecified atom stereocenters. The fraction of sp³-hybridized carbons (Fsp3) is 0.500. The highest BCUT2D eigenvalue weighted by molar-refractivity contribution is 5.94. The standard InChI is InChI=1S/C24H34FN3O2/c1-18(22(27-13-12-26)30-23(2,3)4)17-28-14-10-24(5,11-15-28)21(29)16-19-8-6-7-9-20(19)25/h6-9,12-13H,1,10-11,14-17,26H2,2-5H3/b13-12-,27-22+. The normalized spacial score (nSPS) is 17.8. The second kappa shape index (κ2) is 10.0. The van der Waals surface area contributed by atoms with Crippen molar-refractivity contribution < 1.29 is 13.9 Å². The molecule has 0 amide bonds. The van der Waals surface area contributed by atoms with Crippen LogP contribution in [-0.4, -0.2) is 41.8 Å². The molecule has 0 aromatic heterocycles. The molecule has 2 N–H and O–H groups in total. The number of ketones is 1. The summed E-state index contributed by atoms with van der Waals surface area (Å²) in [6.07, 6.45) is 4.43. The van der Waals surface area contributed by atoms with Crippen LogP contribution in [0.15, 0.2) is 53.8 Å². The predicted molar refractivity (Wildman–Crippen MR) is 120 cm³/mol. The van der Waals surface area contributed by atoms with Crippen LogP contribution in [0.4, 0.5) is 4.39 Å². The average Bonchev–Trinajstić information content (AvgIpc) is 2.67. The van der Waals surface area contributed by atoms with Crippen LogP contribution in [0.2, 0.25) is 0 Å². The van der Waals surface area contributed by atoms with Crippen LogP contribution in [0.3, 0.4) is 0 Å². The van der Waals surface area contributed by atoms with Crippen molar-refractivity contribution in [2.45, 2.75) is 52.6 Å². The molecule has 164 valence electrons. The molecule has 6 heteroatoms. The van der Waals surface area contributed by atoms with Gasteiger partial charge in [0.15, 0.2) is 0 Å². The minimum atomic E-state index is -0.443. The Kier molecular flexibility index (Phi) is 7.96. The summed E-state index contributed by atoms with van der Waals surface area (Å²) in [5, 5.41) is 0. The first-order valence-electron chi connectivity index (χ1n) is 10.3. The zero-order valence-electron chi connectivity index (χ0n) is 18.6. The number of rotatable bonds is 7. The van der Waals surface area contributed by atoms with Crippen molar-refractivity contribution in [3.05, 3.63) is 60.2 Å². The molecule has 0 aliphatic carbocycles. The van der Waals surface area contributed by atoms with Crippen molar-refractivity contribution >= 4 is 11.7 Å². The molecule has 1 saturated heterocycles. The van der Waals surface area contributed by atoms with Gasteiger partial charge in [-0.3, -0.25) is 9.69 Å². The molecular weight excluding hydrogens is 381 g/mol. The smallest absolute Gasteiger partial charge is 0.217 e. The fourth-order valence-corrected chi connectivity index (χ4v) is 3.44. The summed E-state index contributed by atoms with van der Waals surface area (Å²) in [4.78, 5) is 19.4. The Morgan fingerprint density at radius 1 is 1.33 bits per heavy atom. The lowest BCUT2D eigenvalue weighted by Crippen LogP contribution is -2.44. The number of carbonyl (C=O) groups excluding carboxylic acids is 1. The third-order valence-electron chi connectivity index (χ3n) is 5.34. The lowest BCUT2D eigenvalue weighted by atomic mass is 9.75. The van der Waals surface area contributed by atoms with E-state index in [1.54, 1.807) is 18.2 Å². The Morgan fingerprint density at radius 3 is 2.53 bits per heavy atom. The summed E-state index contributed by atoms with van der Waals surface area (Å²) in [6.45, 7) is 14.1. The highest BCUT2D eigenvalue weighted by Crippen LogP contribution is 2.33. The van der Waals surface area contributed by atoms with E-state index in [0.717, 1.165) is 31.5 Å². The lowest BCUT2D eigenvalue weighted by molar-refractivity contribution is -0.129. The van der Waals surface area contributed by atoms with Gasteiger partial charge in [0.2, 0.25) is 5.90 Å². The van der Waals surface area contributed by atoms with E-state index in [4.69, 9.17) is 10.5 Å². The number of carbonyl (C=O) groups is 1. The average molecular weight is 416 g/mol. The van der Waals surface area contributed by atoms with E-state index in [0.29, 0.717) is 18.0 Å². The van der Waals surface area contributed by atoms with Gasteiger partial charge in [0, 0.05) is 36.4 Å². The first-order valence-corrected chi connectivity index (χ1v) is 10.3. The van der Waals surface area contributed by atoms with E-state index in [1.807, 2.05) is 27.7 Å². The number of nitrogens with two attached hydrogens (primary N) is 1. The van der Waals surface area contributed by atoms with Crippen molar-refractivity contribution in [1.82, 2.24) is 4.90 Å². The second-order valence-electron chi connectivity index (χ2n) is 9.12. The number of benzene rings is 1. The Morgan fingerprint density at radius 2 is 1.97 bits per heavy atom. The number of likely N-dealkylation sites (tertiary alicyclic amines) is 1. The number of Topliss-reactive ketones (excluding diaryl/α,β-unsaturated/α-hetero) is 1. The number of ether oxygens (including phenoxy) is 1. The van der Waals surface area contributed by atoms with Crippen molar-refractivity contribution in [3.63, 3.8) is 0 Å². The van der Waals surface area contributed by atoms with E-state index in [-0.39, 0.29) is 18.0 Å². The number of hydrogen-bond donors (Lipinski definition) is 1. The molecule has 1 heterocycles. The van der Waals surface area contributed by atoms with Gasteiger partial charge in [0.05, 0.1) is 0 Å². The molecule has 5 nitrogen and oxygen atoms in total. The monoisotopic (exact) mass is 415 g/mol. The predicted octanol–water partition coefficient (Wildman–Crippen LogP) is 4.24. The van der Waals surface area contributed by atoms with E-state index < -0.39 is 11.0 Å². The highest BCUT2D eigenvalue weighted by atomic mass is 19.1. The quantitative estimate of drug-likeness (QED) is 0.534. The van der Waals surface area contributed by atoms with Gasteiger partial charge in [-0.2, -0.15) is 0 Å². The lowest BCUT2D eigenvalue weighted by Gasteiger charge is -2.38. The van der Waals surface area contributed by atoms with Crippen molar-refractivity contribution in [1.29, 1.82) is 0 Å². The highest BCUT2D eigenvalue weighted by Gasteiger charge is 2.37. The Balaban J connectivity index is 1.96. The summed E-state index contributed by atoms with van der Waals surface area (Å²) in [5.41, 5.74) is 5.80. The number of piperidine rings is 1. The van der Waals surface area contributed by atoms with Crippen LogP contribution in [0.1, 0.15) is 46.1 Å². The van der Waals surface area contributed by atoms with Crippen LogP contribution < -0.4 is 5.73 Å². The maximum atomic E-state index is 13.9. The van der Waals surface area contributed by atoms with Crippen LogP contribution in [0.5, 0.6) is 0 Å². The third-order valence-corrected chi connectivity index (χ3v) is 5.34. The molecule has 1 aliphatic heterocycles. The maximum Gasteiger partial charge on any atom is 0.217 e. The molecule has 0 spiro atoms. The molecule has 1 aromatic carbocycles. The Labute approximate surface area is 179 Å². The SMILES string of the molecule is C=C(CN1CCC(C)(C(=O)Cc2ccccc2F)CC1)/C(=N\C=C/N)OC(C)(C)C.